The molecule has 0 saturated heterocycles. The van der Waals surface area contributed by atoms with E-state index in [0.717, 1.165) is 44.0 Å². The summed E-state index contributed by atoms with van der Waals surface area (Å²) in [5.41, 5.74) is 0.772. The standard InChI is InChI=1S/C13H18N4O2S2/c1-21(18,19)14-7-11-8-17-5-4-16(10-13(17)15-11)9-12-3-2-6-20-12/h2-3,6,8,14H,4-5,7,9-10H2,1H3. The molecule has 1 N–H and O–H groups in total. The van der Waals surface area contributed by atoms with E-state index in [1.54, 1.807) is 11.3 Å². The van der Waals surface area contributed by atoms with Gasteiger partial charge in [0.2, 0.25) is 10.0 Å². The lowest BCUT2D eigenvalue weighted by atomic mass is 10.3. The maximum Gasteiger partial charge on any atom is 0.209 e. The fourth-order valence-corrected chi connectivity index (χ4v) is 3.57. The van der Waals surface area contributed by atoms with Crippen molar-refractivity contribution >= 4 is 21.4 Å². The minimum atomic E-state index is -3.18. The van der Waals surface area contributed by atoms with Crippen LogP contribution in [0.15, 0.2) is 23.7 Å². The molecule has 2 aromatic heterocycles. The van der Waals surface area contributed by atoms with Crippen LogP contribution in [0.1, 0.15) is 16.4 Å². The first-order valence-electron chi connectivity index (χ1n) is 6.74. The molecule has 0 atom stereocenters. The van der Waals surface area contributed by atoms with Crippen LogP contribution in [-0.4, -0.2) is 35.7 Å². The van der Waals surface area contributed by atoms with E-state index >= 15 is 0 Å². The number of sulfonamides is 1. The van der Waals surface area contributed by atoms with Crippen LogP contribution < -0.4 is 4.72 Å². The van der Waals surface area contributed by atoms with Gasteiger partial charge in [0.05, 0.1) is 25.0 Å². The van der Waals surface area contributed by atoms with Crippen LogP contribution in [0, 0.1) is 0 Å². The fourth-order valence-electron chi connectivity index (χ4n) is 2.41. The Bertz CT molecular complexity index is 707. The van der Waals surface area contributed by atoms with Crippen molar-refractivity contribution in [2.75, 3.05) is 12.8 Å². The number of hydrogen-bond donors (Lipinski definition) is 1. The molecule has 0 aliphatic carbocycles. The minimum absolute atomic E-state index is 0.254. The molecular weight excluding hydrogens is 308 g/mol. The van der Waals surface area contributed by atoms with Crippen LogP contribution in [0.4, 0.5) is 0 Å². The summed E-state index contributed by atoms with van der Waals surface area (Å²) >= 11 is 1.77. The first-order chi connectivity index (χ1) is 9.99. The van der Waals surface area contributed by atoms with Crippen LogP contribution >= 0.6 is 11.3 Å². The first kappa shape index (κ1) is 14.7. The summed E-state index contributed by atoms with van der Waals surface area (Å²) in [6, 6.07) is 4.22. The lowest BCUT2D eigenvalue weighted by Gasteiger charge is -2.26. The van der Waals surface area contributed by atoms with Crippen LogP contribution in [0.2, 0.25) is 0 Å². The van der Waals surface area contributed by atoms with Gasteiger partial charge in [-0.1, -0.05) is 6.07 Å². The minimum Gasteiger partial charge on any atom is -0.332 e. The van der Waals surface area contributed by atoms with Gasteiger partial charge in [-0.15, -0.1) is 11.3 Å². The second-order valence-electron chi connectivity index (χ2n) is 5.23. The second-order valence-corrected chi connectivity index (χ2v) is 8.09. The molecule has 0 bridgehead atoms. The molecule has 114 valence electrons. The Morgan fingerprint density at radius 2 is 2.29 bits per heavy atom. The van der Waals surface area contributed by atoms with Gasteiger partial charge in [-0.2, -0.15) is 0 Å². The molecule has 0 amide bonds. The molecular formula is C13H18N4O2S2. The molecule has 0 saturated carbocycles. The van der Waals surface area contributed by atoms with Crippen molar-refractivity contribution in [3.05, 3.63) is 40.1 Å². The van der Waals surface area contributed by atoms with Crippen LogP contribution in [-0.2, 0) is 36.2 Å². The van der Waals surface area contributed by atoms with Gasteiger partial charge in [0.25, 0.3) is 0 Å². The van der Waals surface area contributed by atoms with Gasteiger partial charge < -0.3 is 4.57 Å². The van der Waals surface area contributed by atoms with E-state index in [0.29, 0.717) is 0 Å². The second kappa shape index (κ2) is 5.88. The Kier molecular flexibility index (Phi) is 4.12. The molecule has 0 aromatic carbocycles. The molecule has 8 heteroatoms. The average molecular weight is 326 g/mol. The molecule has 1 aliphatic heterocycles. The summed E-state index contributed by atoms with van der Waals surface area (Å²) in [5, 5.41) is 2.09. The molecule has 0 unspecified atom stereocenters. The van der Waals surface area contributed by atoms with Crippen molar-refractivity contribution in [1.82, 2.24) is 19.2 Å². The van der Waals surface area contributed by atoms with Gasteiger partial charge in [0.1, 0.15) is 5.82 Å². The lowest BCUT2D eigenvalue weighted by molar-refractivity contribution is 0.210. The third-order valence-electron chi connectivity index (χ3n) is 3.41. The van der Waals surface area contributed by atoms with E-state index in [-0.39, 0.29) is 6.54 Å². The summed E-state index contributed by atoms with van der Waals surface area (Å²) in [4.78, 5) is 8.25. The van der Waals surface area contributed by atoms with E-state index < -0.39 is 10.0 Å². The largest absolute Gasteiger partial charge is 0.332 e. The molecule has 0 fully saturated rings. The summed E-state index contributed by atoms with van der Waals surface area (Å²) < 4.78 is 26.8. The molecule has 21 heavy (non-hydrogen) atoms. The number of imidazole rings is 1. The SMILES string of the molecule is CS(=O)(=O)NCc1cn2c(n1)CN(Cc1cccs1)CC2. The van der Waals surface area contributed by atoms with E-state index in [2.05, 4.69) is 36.7 Å². The highest BCUT2D eigenvalue weighted by Gasteiger charge is 2.19. The van der Waals surface area contributed by atoms with Crippen molar-refractivity contribution in [3.8, 4) is 0 Å². The molecule has 6 nitrogen and oxygen atoms in total. The third-order valence-corrected chi connectivity index (χ3v) is 4.94. The number of fused-ring (bicyclic) bond motifs is 1. The van der Waals surface area contributed by atoms with Crippen LogP contribution in [0.5, 0.6) is 0 Å². The first-order valence-corrected chi connectivity index (χ1v) is 9.51. The van der Waals surface area contributed by atoms with E-state index in [1.165, 1.54) is 4.88 Å². The number of thiophene rings is 1. The van der Waals surface area contributed by atoms with Gasteiger partial charge in [-0.05, 0) is 11.4 Å². The predicted molar refractivity (Wildman–Crippen MR) is 82.3 cm³/mol. The Hall–Kier alpha value is -1.22. The van der Waals surface area contributed by atoms with Crippen molar-refractivity contribution in [1.29, 1.82) is 0 Å². The monoisotopic (exact) mass is 326 g/mol. The van der Waals surface area contributed by atoms with Crippen molar-refractivity contribution < 1.29 is 8.42 Å². The Balaban J connectivity index is 1.64. The van der Waals surface area contributed by atoms with Gasteiger partial charge in [-0.25, -0.2) is 18.1 Å². The highest BCUT2D eigenvalue weighted by Crippen LogP contribution is 2.18. The van der Waals surface area contributed by atoms with Crippen molar-refractivity contribution in [2.24, 2.45) is 0 Å². The van der Waals surface area contributed by atoms with E-state index in [1.807, 2.05) is 6.20 Å². The Labute approximate surface area is 128 Å². The normalized spacial score (nSPS) is 16.0. The summed E-state index contributed by atoms with van der Waals surface area (Å²) in [5.74, 6) is 1.00. The highest BCUT2D eigenvalue weighted by molar-refractivity contribution is 7.88. The van der Waals surface area contributed by atoms with E-state index in [4.69, 9.17) is 0 Å². The smallest absolute Gasteiger partial charge is 0.209 e. The van der Waals surface area contributed by atoms with Crippen LogP contribution in [0.3, 0.4) is 0 Å². The Morgan fingerprint density at radius 3 is 3.00 bits per heavy atom. The molecule has 3 heterocycles. The Morgan fingerprint density at radius 1 is 1.43 bits per heavy atom. The molecule has 0 spiro atoms. The predicted octanol–water partition coefficient (Wildman–Crippen LogP) is 1.01. The lowest BCUT2D eigenvalue weighted by Crippen LogP contribution is -2.32. The zero-order valence-electron chi connectivity index (χ0n) is 11.8. The van der Waals surface area contributed by atoms with Gasteiger partial charge in [-0.3, -0.25) is 4.90 Å². The molecule has 0 radical (unpaired) electrons. The molecule has 3 rings (SSSR count). The fraction of sp³-hybridized carbons (Fsp3) is 0.462. The highest BCUT2D eigenvalue weighted by atomic mass is 32.2. The van der Waals surface area contributed by atoms with Crippen molar-refractivity contribution in [2.45, 2.75) is 26.2 Å². The maximum absolute atomic E-state index is 11.1. The zero-order chi connectivity index (χ0) is 14.9. The van der Waals surface area contributed by atoms with Gasteiger partial charge in [0, 0.05) is 30.7 Å². The third kappa shape index (κ3) is 3.91. The number of rotatable bonds is 5. The maximum atomic E-state index is 11.1. The summed E-state index contributed by atoms with van der Waals surface area (Å²) in [6.07, 6.45) is 3.10. The number of aromatic nitrogens is 2. The number of nitrogens with zero attached hydrogens (tertiary/aromatic N) is 3. The summed E-state index contributed by atoms with van der Waals surface area (Å²) in [7, 11) is -3.18. The summed E-state index contributed by atoms with van der Waals surface area (Å²) in [6.45, 7) is 3.88. The average Bonchev–Trinajstić information content (AvgIpc) is 3.04. The topological polar surface area (TPSA) is 67.2 Å². The number of hydrogen-bond acceptors (Lipinski definition) is 5. The molecule has 2 aromatic rings. The quantitative estimate of drug-likeness (QED) is 0.890. The number of nitrogens with one attached hydrogen (secondary N) is 1. The van der Waals surface area contributed by atoms with Crippen molar-refractivity contribution in [3.63, 3.8) is 0 Å². The van der Waals surface area contributed by atoms with Crippen LogP contribution in [0.25, 0.3) is 0 Å². The molecule has 1 aliphatic rings. The van der Waals surface area contributed by atoms with Gasteiger partial charge in [0.15, 0.2) is 0 Å². The van der Waals surface area contributed by atoms with E-state index in [9.17, 15) is 8.42 Å². The zero-order valence-corrected chi connectivity index (χ0v) is 13.5. The van der Waals surface area contributed by atoms with Gasteiger partial charge >= 0.3 is 0 Å².